The van der Waals surface area contributed by atoms with Crippen LogP contribution in [0, 0.1) is 0 Å². The van der Waals surface area contributed by atoms with Crippen LogP contribution >= 0.6 is 11.6 Å². The van der Waals surface area contributed by atoms with E-state index in [1.165, 1.54) is 19.5 Å². The number of nitrogens with zero attached hydrogens (tertiary/aromatic N) is 2. The Morgan fingerprint density at radius 3 is 3.00 bits per heavy atom. The van der Waals surface area contributed by atoms with Crippen LogP contribution in [-0.4, -0.2) is 23.0 Å². The Bertz CT molecular complexity index is 596. The normalized spacial score (nSPS) is 10.9. The molecule has 0 aliphatic carbocycles. The van der Waals surface area contributed by atoms with Gasteiger partial charge in [0.1, 0.15) is 11.5 Å². The molecule has 5 heteroatoms. The monoisotopic (exact) mass is 248 g/mol. The van der Waals surface area contributed by atoms with Crippen molar-refractivity contribution in [3.05, 3.63) is 41.3 Å². The van der Waals surface area contributed by atoms with Crippen molar-refractivity contribution in [2.75, 3.05) is 7.11 Å². The summed E-state index contributed by atoms with van der Waals surface area (Å²) >= 11 is 5.92. The number of carbonyl (C=O) groups is 1. The zero-order chi connectivity index (χ0) is 12.3. The van der Waals surface area contributed by atoms with E-state index >= 15 is 0 Å². The van der Waals surface area contributed by atoms with Gasteiger partial charge in [0.05, 0.1) is 12.6 Å². The topological polar surface area (TPSA) is 52.1 Å². The van der Waals surface area contributed by atoms with Crippen molar-refractivity contribution in [2.24, 2.45) is 0 Å². The second-order valence-corrected chi connectivity index (χ2v) is 3.66. The summed E-state index contributed by atoms with van der Waals surface area (Å²) in [5, 5.41) is 1.20. The van der Waals surface area contributed by atoms with Crippen molar-refractivity contribution in [1.82, 2.24) is 9.97 Å². The zero-order valence-electron chi connectivity index (χ0n) is 9.05. The first-order chi connectivity index (χ1) is 8.20. The molecule has 0 aliphatic rings. The summed E-state index contributed by atoms with van der Waals surface area (Å²) in [5.41, 5.74) is 1.58. The van der Waals surface area contributed by atoms with Crippen LogP contribution in [0.5, 0.6) is 0 Å². The molecular weight excluding hydrogens is 240 g/mol. The van der Waals surface area contributed by atoms with Gasteiger partial charge in [-0.05, 0) is 23.8 Å². The fraction of sp³-hybridized carbons (Fsp3) is 0.0833. The van der Waals surface area contributed by atoms with Crippen LogP contribution in [-0.2, 0) is 9.53 Å². The van der Waals surface area contributed by atoms with Crippen molar-refractivity contribution in [1.29, 1.82) is 0 Å². The van der Waals surface area contributed by atoms with Crippen molar-refractivity contribution >= 4 is 34.5 Å². The molecule has 0 saturated carbocycles. The van der Waals surface area contributed by atoms with Crippen LogP contribution < -0.4 is 0 Å². The number of hydrogen-bond acceptors (Lipinski definition) is 4. The molecule has 86 valence electrons. The Balaban J connectivity index is 2.39. The van der Waals surface area contributed by atoms with Crippen molar-refractivity contribution < 1.29 is 9.53 Å². The van der Waals surface area contributed by atoms with Gasteiger partial charge in [-0.3, -0.25) is 0 Å². The first kappa shape index (κ1) is 11.5. The van der Waals surface area contributed by atoms with E-state index in [2.05, 4.69) is 14.7 Å². The van der Waals surface area contributed by atoms with E-state index in [-0.39, 0.29) is 0 Å². The third-order valence-corrected chi connectivity index (χ3v) is 2.53. The van der Waals surface area contributed by atoms with Crippen LogP contribution in [0.15, 0.2) is 30.6 Å². The molecule has 1 heterocycles. The number of benzene rings is 1. The number of fused-ring (bicyclic) bond motifs is 1. The molecule has 0 unspecified atom stereocenters. The van der Waals surface area contributed by atoms with Gasteiger partial charge in [0.25, 0.3) is 0 Å². The molecule has 17 heavy (non-hydrogen) atoms. The highest BCUT2D eigenvalue weighted by Crippen LogP contribution is 2.20. The molecule has 1 aromatic carbocycles. The van der Waals surface area contributed by atoms with Crippen LogP contribution in [0.2, 0.25) is 5.15 Å². The maximum atomic E-state index is 10.9. The van der Waals surface area contributed by atoms with Gasteiger partial charge in [-0.2, -0.15) is 0 Å². The number of methoxy groups -OCH3 is 1. The number of hydrogen-bond donors (Lipinski definition) is 0. The van der Waals surface area contributed by atoms with Gasteiger partial charge in [-0.15, -0.1) is 0 Å². The van der Waals surface area contributed by atoms with Gasteiger partial charge < -0.3 is 4.74 Å². The van der Waals surface area contributed by atoms with Gasteiger partial charge in [0.2, 0.25) is 0 Å². The Labute approximate surface area is 103 Å². The highest BCUT2D eigenvalue weighted by atomic mass is 35.5. The van der Waals surface area contributed by atoms with Crippen LogP contribution in [0.4, 0.5) is 0 Å². The van der Waals surface area contributed by atoms with E-state index in [1.807, 2.05) is 18.2 Å². The SMILES string of the molecule is COC(=O)C=Cc1ccc2c(Cl)ncnc2c1. The lowest BCUT2D eigenvalue weighted by atomic mass is 10.1. The molecule has 0 atom stereocenters. The van der Waals surface area contributed by atoms with E-state index in [4.69, 9.17) is 11.6 Å². The highest BCUT2D eigenvalue weighted by Gasteiger charge is 2.01. The van der Waals surface area contributed by atoms with Gasteiger partial charge in [-0.25, -0.2) is 14.8 Å². The van der Waals surface area contributed by atoms with Crippen molar-refractivity contribution in [2.45, 2.75) is 0 Å². The maximum Gasteiger partial charge on any atom is 0.330 e. The van der Waals surface area contributed by atoms with E-state index in [1.54, 1.807) is 6.08 Å². The van der Waals surface area contributed by atoms with E-state index < -0.39 is 5.97 Å². The van der Waals surface area contributed by atoms with E-state index in [9.17, 15) is 4.79 Å². The average molecular weight is 249 g/mol. The van der Waals surface area contributed by atoms with E-state index in [0.717, 1.165) is 16.5 Å². The Kier molecular flexibility index (Phi) is 3.35. The molecule has 0 aliphatic heterocycles. The molecule has 0 saturated heterocycles. The number of aromatic nitrogens is 2. The number of ether oxygens (including phenoxy) is 1. The summed E-state index contributed by atoms with van der Waals surface area (Å²) in [6, 6.07) is 5.47. The predicted molar refractivity (Wildman–Crippen MR) is 65.6 cm³/mol. The van der Waals surface area contributed by atoms with Gasteiger partial charge in [0.15, 0.2) is 0 Å². The standard InChI is InChI=1S/C12H9ClN2O2/c1-17-11(16)5-3-8-2-4-9-10(6-8)14-7-15-12(9)13/h2-7H,1H3. The lowest BCUT2D eigenvalue weighted by Gasteiger charge is -1.99. The summed E-state index contributed by atoms with van der Waals surface area (Å²) in [5.74, 6) is -0.397. The molecule has 0 N–H and O–H groups in total. The quantitative estimate of drug-likeness (QED) is 0.465. The average Bonchev–Trinajstić information content (AvgIpc) is 2.36. The maximum absolute atomic E-state index is 10.9. The van der Waals surface area contributed by atoms with E-state index in [0.29, 0.717) is 5.15 Å². The van der Waals surface area contributed by atoms with Gasteiger partial charge in [-0.1, -0.05) is 17.7 Å². The summed E-state index contributed by atoms with van der Waals surface area (Å²) in [7, 11) is 1.33. The molecule has 2 aromatic rings. The summed E-state index contributed by atoms with van der Waals surface area (Å²) in [6.45, 7) is 0. The first-order valence-electron chi connectivity index (χ1n) is 4.87. The zero-order valence-corrected chi connectivity index (χ0v) is 9.81. The Hall–Kier alpha value is -1.94. The lowest BCUT2D eigenvalue weighted by molar-refractivity contribution is -0.134. The number of carbonyl (C=O) groups excluding carboxylic acids is 1. The number of esters is 1. The summed E-state index contributed by atoms with van der Waals surface area (Å²) < 4.78 is 4.51. The minimum absolute atomic E-state index is 0.397. The largest absolute Gasteiger partial charge is 0.466 e. The van der Waals surface area contributed by atoms with Crippen LogP contribution in [0.3, 0.4) is 0 Å². The summed E-state index contributed by atoms with van der Waals surface area (Å²) in [6.07, 6.45) is 4.41. The first-order valence-corrected chi connectivity index (χ1v) is 5.25. The molecule has 0 bridgehead atoms. The fourth-order valence-electron chi connectivity index (χ4n) is 1.38. The predicted octanol–water partition coefficient (Wildman–Crippen LogP) is 2.47. The number of halogens is 1. The third-order valence-electron chi connectivity index (χ3n) is 2.22. The minimum atomic E-state index is -0.397. The van der Waals surface area contributed by atoms with Crippen LogP contribution in [0.1, 0.15) is 5.56 Å². The Morgan fingerprint density at radius 2 is 2.24 bits per heavy atom. The third kappa shape index (κ3) is 2.60. The van der Waals surface area contributed by atoms with Gasteiger partial charge in [0, 0.05) is 11.5 Å². The van der Waals surface area contributed by atoms with Gasteiger partial charge >= 0.3 is 5.97 Å². The molecule has 0 spiro atoms. The smallest absolute Gasteiger partial charge is 0.330 e. The lowest BCUT2D eigenvalue weighted by Crippen LogP contribution is -1.93. The van der Waals surface area contributed by atoms with Crippen molar-refractivity contribution in [3.63, 3.8) is 0 Å². The molecule has 1 aromatic heterocycles. The molecule has 0 radical (unpaired) electrons. The highest BCUT2D eigenvalue weighted by molar-refractivity contribution is 6.34. The molecule has 4 nitrogen and oxygen atoms in total. The second kappa shape index (κ2) is 4.93. The molecule has 0 fully saturated rings. The summed E-state index contributed by atoms with van der Waals surface area (Å²) in [4.78, 5) is 18.9. The minimum Gasteiger partial charge on any atom is -0.466 e. The van der Waals surface area contributed by atoms with Crippen molar-refractivity contribution in [3.8, 4) is 0 Å². The molecule has 0 amide bonds. The second-order valence-electron chi connectivity index (χ2n) is 3.30. The van der Waals surface area contributed by atoms with Crippen LogP contribution in [0.25, 0.3) is 17.0 Å². The number of rotatable bonds is 2. The molecular formula is C12H9ClN2O2. The fourth-order valence-corrected chi connectivity index (χ4v) is 1.58. The Morgan fingerprint density at radius 1 is 1.41 bits per heavy atom. The molecule has 2 rings (SSSR count).